The van der Waals surface area contributed by atoms with Crippen LogP contribution < -0.4 is 14.6 Å². The molecule has 2 aliphatic heterocycles. The van der Waals surface area contributed by atoms with Crippen molar-refractivity contribution >= 4 is 58.3 Å². The number of nitrogens with zero attached hydrogens (tertiary/aromatic N) is 4. The maximum absolute atomic E-state index is 15.5. The molecule has 3 heterocycles. The van der Waals surface area contributed by atoms with Crippen LogP contribution in [0.4, 0.5) is 24.7 Å². The number of carbonyl (C=O) groups is 4. The lowest BCUT2D eigenvalue weighted by Gasteiger charge is -2.51. The van der Waals surface area contributed by atoms with E-state index in [2.05, 4.69) is 4.98 Å². The third-order valence-electron chi connectivity index (χ3n) is 11.4. The van der Waals surface area contributed by atoms with E-state index in [4.69, 9.17) is 27.9 Å². The summed E-state index contributed by atoms with van der Waals surface area (Å²) in [5.41, 5.74) is -0.845. The first-order valence-corrected chi connectivity index (χ1v) is 18.6. The van der Waals surface area contributed by atoms with Gasteiger partial charge in [0.1, 0.15) is 18.1 Å². The Morgan fingerprint density at radius 2 is 1.64 bits per heavy atom. The van der Waals surface area contributed by atoms with Crippen molar-refractivity contribution in [3.8, 4) is 5.75 Å². The Labute approximate surface area is 329 Å². The minimum atomic E-state index is -4.82. The number of hydrazine groups is 1. The van der Waals surface area contributed by atoms with Crippen LogP contribution in [0.3, 0.4) is 0 Å². The van der Waals surface area contributed by atoms with Crippen LogP contribution in [0.25, 0.3) is 0 Å². The molecular formula is C41H33Cl2F3N4O6. The molecule has 4 amide bonds. The first-order valence-electron chi connectivity index (χ1n) is 17.9. The number of fused-ring (bicyclic) bond motifs is 4. The molecule has 4 aromatic rings. The molecule has 1 aromatic heterocycles. The fourth-order valence-corrected chi connectivity index (χ4v) is 9.70. The van der Waals surface area contributed by atoms with E-state index in [0.717, 1.165) is 21.0 Å². The number of ether oxygens (including phenoxy) is 1. The van der Waals surface area contributed by atoms with Crippen LogP contribution >= 0.6 is 23.2 Å². The third-order valence-corrected chi connectivity index (χ3v) is 12.0. The summed E-state index contributed by atoms with van der Waals surface area (Å²) in [6.45, 7) is -0.369. The molecule has 1 saturated carbocycles. The van der Waals surface area contributed by atoms with Crippen LogP contribution in [0.2, 0.25) is 10.0 Å². The number of para-hydroxylation sites is 1. The summed E-state index contributed by atoms with van der Waals surface area (Å²) in [4.78, 5) is 64.2. The number of aromatic nitrogens is 1. The summed E-state index contributed by atoms with van der Waals surface area (Å²) < 4.78 is 47.2. The number of benzene rings is 3. The second-order valence-corrected chi connectivity index (χ2v) is 15.1. The van der Waals surface area contributed by atoms with E-state index in [9.17, 15) is 32.7 Å². The minimum absolute atomic E-state index is 0.0150. The Balaban J connectivity index is 1.31. The highest BCUT2D eigenvalue weighted by molar-refractivity contribution is 6.33. The van der Waals surface area contributed by atoms with Crippen molar-refractivity contribution in [2.75, 3.05) is 30.2 Å². The van der Waals surface area contributed by atoms with Crippen molar-refractivity contribution in [2.24, 2.45) is 23.7 Å². The lowest BCUT2D eigenvalue weighted by molar-refractivity contribution is -0.141. The van der Waals surface area contributed by atoms with Crippen LogP contribution in [-0.4, -0.2) is 59.0 Å². The van der Waals surface area contributed by atoms with Crippen molar-refractivity contribution in [1.29, 1.82) is 0 Å². The van der Waals surface area contributed by atoms with Gasteiger partial charge in [0, 0.05) is 23.6 Å². The molecule has 0 spiro atoms. The zero-order valence-corrected chi connectivity index (χ0v) is 31.1. The number of pyridine rings is 1. The lowest BCUT2D eigenvalue weighted by Crippen LogP contribution is -2.53. The van der Waals surface area contributed by atoms with Crippen LogP contribution in [0.15, 0.2) is 103 Å². The van der Waals surface area contributed by atoms with Crippen molar-refractivity contribution in [2.45, 2.75) is 30.4 Å². The zero-order valence-electron chi connectivity index (χ0n) is 29.6. The van der Waals surface area contributed by atoms with Gasteiger partial charge in [-0.05, 0) is 60.7 Å². The number of halogens is 5. The van der Waals surface area contributed by atoms with Gasteiger partial charge >= 0.3 is 6.18 Å². The van der Waals surface area contributed by atoms with E-state index >= 15 is 4.79 Å². The monoisotopic (exact) mass is 804 g/mol. The number of aliphatic hydroxyl groups is 1. The smallest absolute Gasteiger partial charge is 0.433 e. The number of allylic oxidation sites excluding steroid dienone is 2. The van der Waals surface area contributed by atoms with Crippen LogP contribution in [0, 0.1) is 23.7 Å². The fourth-order valence-electron chi connectivity index (χ4n) is 9.28. The van der Waals surface area contributed by atoms with E-state index in [-0.39, 0.29) is 36.8 Å². The molecule has 2 saturated heterocycles. The summed E-state index contributed by atoms with van der Waals surface area (Å²) in [6, 6.07) is 24.1. The van der Waals surface area contributed by atoms with Gasteiger partial charge in [0.05, 0.1) is 40.5 Å². The summed E-state index contributed by atoms with van der Waals surface area (Å²) in [5.74, 6) is -7.24. The number of hydrogen-bond donors (Lipinski definition) is 1. The normalized spacial score (nSPS) is 25.8. The van der Waals surface area contributed by atoms with Crippen molar-refractivity contribution < 1.29 is 42.2 Å². The van der Waals surface area contributed by atoms with Gasteiger partial charge in [0.15, 0.2) is 5.82 Å². The molecule has 1 N–H and O–H groups in total. The summed E-state index contributed by atoms with van der Waals surface area (Å²) in [5, 5.41) is 11.6. The molecular weight excluding hydrogens is 772 g/mol. The van der Waals surface area contributed by atoms with Gasteiger partial charge in [-0.2, -0.15) is 18.2 Å². The van der Waals surface area contributed by atoms with Crippen molar-refractivity contribution in [1.82, 2.24) is 9.99 Å². The Morgan fingerprint density at radius 1 is 0.911 bits per heavy atom. The molecule has 3 aromatic carbocycles. The zero-order chi connectivity index (χ0) is 39.7. The summed E-state index contributed by atoms with van der Waals surface area (Å²) in [7, 11) is 1.25. The van der Waals surface area contributed by atoms with E-state index in [1.807, 2.05) is 6.08 Å². The topological polar surface area (TPSA) is 120 Å². The number of imide groups is 2. The highest BCUT2D eigenvalue weighted by Gasteiger charge is 2.70. The minimum Gasteiger partial charge on any atom is -0.491 e. The predicted octanol–water partition coefficient (Wildman–Crippen LogP) is 6.99. The lowest BCUT2D eigenvalue weighted by atomic mass is 9.49. The molecule has 0 bridgehead atoms. The Morgan fingerprint density at radius 3 is 2.36 bits per heavy atom. The van der Waals surface area contributed by atoms with Gasteiger partial charge in [0.25, 0.3) is 11.8 Å². The van der Waals surface area contributed by atoms with E-state index < -0.39 is 76.3 Å². The molecule has 288 valence electrons. The van der Waals surface area contributed by atoms with Gasteiger partial charge in [0.2, 0.25) is 11.8 Å². The van der Waals surface area contributed by atoms with Crippen LogP contribution in [0.1, 0.15) is 35.6 Å². The molecule has 10 nitrogen and oxygen atoms in total. The number of alkyl halides is 3. The van der Waals surface area contributed by atoms with Crippen LogP contribution in [0.5, 0.6) is 5.75 Å². The van der Waals surface area contributed by atoms with Gasteiger partial charge in [-0.1, -0.05) is 89.4 Å². The van der Waals surface area contributed by atoms with E-state index in [1.54, 1.807) is 72.8 Å². The number of anilines is 2. The molecule has 6 atom stereocenters. The molecule has 2 aliphatic carbocycles. The quantitative estimate of drug-likeness (QED) is 0.150. The molecule has 15 heteroatoms. The molecule has 8 rings (SSSR count). The SMILES string of the molecule is CN(c1nc(C(F)(F)F)ccc1Cl)N1C(=O)C2CC=C3C(CC4C(=O)N(c5cccc(Cl)c5)C(=O)C4(c4ccccc4)C3c3ccccc3OCCO)C2C1=O. The van der Waals surface area contributed by atoms with E-state index in [0.29, 0.717) is 33.5 Å². The second-order valence-electron chi connectivity index (χ2n) is 14.2. The largest absolute Gasteiger partial charge is 0.491 e. The molecule has 6 unspecified atom stereocenters. The molecule has 0 radical (unpaired) electrons. The number of hydrogen-bond acceptors (Lipinski definition) is 8. The molecule has 3 fully saturated rings. The van der Waals surface area contributed by atoms with Gasteiger partial charge in [-0.25, -0.2) is 9.88 Å². The number of carbonyl (C=O) groups excluding carboxylic acids is 4. The summed E-state index contributed by atoms with van der Waals surface area (Å²) in [6.07, 6.45) is -2.93. The Bertz CT molecular complexity index is 2310. The highest BCUT2D eigenvalue weighted by atomic mass is 35.5. The average Bonchev–Trinajstić information content (AvgIpc) is 3.57. The van der Waals surface area contributed by atoms with E-state index in [1.165, 1.54) is 13.1 Å². The highest BCUT2D eigenvalue weighted by Crippen LogP contribution is 2.65. The fraction of sp³-hybridized carbons (Fsp3) is 0.293. The van der Waals surface area contributed by atoms with Gasteiger partial charge in [-0.15, -0.1) is 0 Å². The third kappa shape index (κ3) is 5.69. The Hall–Kier alpha value is -5.24. The van der Waals surface area contributed by atoms with Crippen LogP contribution in [-0.2, 0) is 30.8 Å². The van der Waals surface area contributed by atoms with Crippen molar-refractivity contribution in [3.63, 3.8) is 0 Å². The number of aliphatic hydroxyl groups excluding tert-OH is 1. The number of rotatable bonds is 8. The predicted molar refractivity (Wildman–Crippen MR) is 200 cm³/mol. The van der Waals surface area contributed by atoms with Crippen molar-refractivity contribution in [3.05, 3.63) is 130 Å². The molecule has 56 heavy (non-hydrogen) atoms. The second kappa shape index (κ2) is 14.1. The Kier molecular flexibility index (Phi) is 9.45. The van der Waals surface area contributed by atoms with Gasteiger partial charge in [-0.3, -0.25) is 24.2 Å². The maximum Gasteiger partial charge on any atom is 0.433 e. The standard InChI is InChI=1S/C41H33Cl2F3N4O6/c1-48(35-30(43)16-17-32(47-35)41(44,45)46)50-36(52)27-15-14-25-28(33(27)38(50)54)21-29-37(53)49(24-11-7-10-23(42)20-24)39(55)40(29,22-8-3-2-4-9-22)34(25)26-12-5-6-13-31(26)56-19-18-51/h2-14,16-17,20,27-29,33-34,51H,15,18-19,21H2,1H3. The first-order chi connectivity index (χ1) is 26.8. The van der Waals surface area contributed by atoms with Gasteiger partial charge < -0.3 is 9.84 Å². The number of amides is 4. The first kappa shape index (κ1) is 37.7. The maximum atomic E-state index is 15.5. The average molecular weight is 806 g/mol. The summed E-state index contributed by atoms with van der Waals surface area (Å²) >= 11 is 12.7. The molecule has 4 aliphatic rings.